The molecule has 0 aliphatic rings. The van der Waals surface area contributed by atoms with Gasteiger partial charge in [0.05, 0.1) is 24.2 Å². The number of hydrogen-bond donors (Lipinski definition) is 1. The van der Waals surface area contributed by atoms with Gasteiger partial charge in [-0.2, -0.15) is 0 Å². The molecule has 0 spiro atoms. The van der Waals surface area contributed by atoms with Gasteiger partial charge in [-0.25, -0.2) is 4.39 Å². The number of halogens is 1. The molecule has 0 saturated carbocycles. The van der Waals surface area contributed by atoms with Gasteiger partial charge >= 0.3 is 0 Å². The van der Waals surface area contributed by atoms with E-state index in [1.54, 1.807) is 12.3 Å². The third kappa shape index (κ3) is 2.58. The van der Waals surface area contributed by atoms with Gasteiger partial charge in [-0.3, -0.25) is 0 Å². The second-order valence-corrected chi connectivity index (χ2v) is 3.80. The van der Waals surface area contributed by atoms with Gasteiger partial charge in [0.2, 0.25) is 0 Å². The molecule has 0 bridgehead atoms. The number of rotatable bonds is 4. The summed E-state index contributed by atoms with van der Waals surface area (Å²) < 4.78 is 18.3. The Hall–Kier alpha value is -1.97. The lowest BCUT2D eigenvalue weighted by Crippen LogP contribution is -2.22. The first kappa shape index (κ1) is 11.5. The number of benzene rings is 1. The molecule has 90 valence electrons. The van der Waals surface area contributed by atoms with Crippen LogP contribution < -0.4 is 10.6 Å². The maximum Gasteiger partial charge on any atom is 0.125 e. The Labute approximate surface area is 99.6 Å². The van der Waals surface area contributed by atoms with E-state index in [-0.39, 0.29) is 5.82 Å². The quantitative estimate of drug-likeness (QED) is 0.827. The molecule has 1 aromatic carbocycles. The molecule has 0 fully saturated rings. The predicted molar refractivity (Wildman–Crippen MR) is 66.2 cm³/mol. The number of nitrogen functional groups attached to an aromatic ring is 1. The van der Waals surface area contributed by atoms with Crippen molar-refractivity contribution in [2.75, 3.05) is 17.2 Å². The van der Waals surface area contributed by atoms with Crippen LogP contribution in [0, 0.1) is 5.82 Å². The normalized spacial score (nSPS) is 10.5. The van der Waals surface area contributed by atoms with Crippen molar-refractivity contribution in [2.45, 2.75) is 13.5 Å². The standard InChI is InChI=1S/C13H15FN2O/c1-2-16(9-11-4-3-7-17-11)13-6-5-10(14)8-12(13)15/h3-8H,2,9,15H2,1H3. The third-order valence-electron chi connectivity index (χ3n) is 2.64. The zero-order chi connectivity index (χ0) is 12.3. The summed E-state index contributed by atoms with van der Waals surface area (Å²) in [6, 6.07) is 8.19. The average Bonchev–Trinajstić information content (AvgIpc) is 2.79. The minimum absolute atomic E-state index is 0.319. The molecule has 0 atom stereocenters. The van der Waals surface area contributed by atoms with Crippen LogP contribution in [0.3, 0.4) is 0 Å². The zero-order valence-electron chi connectivity index (χ0n) is 9.69. The maximum absolute atomic E-state index is 13.0. The highest BCUT2D eigenvalue weighted by Gasteiger charge is 2.10. The molecule has 17 heavy (non-hydrogen) atoms. The molecule has 4 heteroatoms. The predicted octanol–water partition coefficient (Wildman–Crippen LogP) is 3.03. The van der Waals surface area contributed by atoms with Crippen LogP contribution in [-0.4, -0.2) is 6.54 Å². The van der Waals surface area contributed by atoms with Crippen LogP contribution in [0.25, 0.3) is 0 Å². The number of hydrogen-bond acceptors (Lipinski definition) is 3. The summed E-state index contributed by atoms with van der Waals surface area (Å²) in [7, 11) is 0. The van der Waals surface area contributed by atoms with E-state index in [0.717, 1.165) is 18.0 Å². The van der Waals surface area contributed by atoms with Gasteiger partial charge in [0.25, 0.3) is 0 Å². The fraction of sp³-hybridized carbons (Fsp3) is 0.231. The van der Waals surface area contributed by atoms with E-state index in [1.165, 1.54) is 12.1 Å². The average molecular weight is 234 g/mol. The second kappa shape index (κ2) is 4.91. The summed E-state index contributed by atoms with van der Waals surface area (Å²) in [6.07, 6.45) is 1.64. The lowest BCUT2D eigenvalue weighted by Gasteiger charge is -2.23. The van der Waals surface area contributed by atoms with Crippen molar-refractivity contribution < 1.29 is 8.81 Å². The molecule has 0 aliphatic carbocycles. The highest BCUT2D eigenvalue weighted by Crippen LogP contribution is 2.25. The van der Waals surface area contributed by atoms with Crippen LogP contribution >= 0.6 is 0 Å². The van der Waals surface area contributed by atoms with E-state index in [2.05, 4.69) is 0 Å². The molecule has 0 aliphatic heterocycles. The Balaban J connectivity index is 2.23. The molecular weight excluding hydrogens is 219 g/mol. The van der Waals surface area contributed by atoms with E-state index in [9.17, 15) is 4.39 Å². The SMILES string of the molecule is CCN(Cc1ccco1)c1ccc(F)cc1N. The van der Waals surface area contributed by atoms with Gasteiger partial charge < -0.3 is 15.1 Å². The van der Waals surface area contributed by atoms with Crippen molar-refractivity contribution in [3.05, 3.63) is 48.2 Å². The highest BCUT2D eigenvalue weighted by atomic mass is 19.1. The van der Waals surface area contributed by atoms with Crippen molar-refractivity contribution in [2.24, 2.45) is 0 Å². The van der Waals surface area contributed by atoms with Crippen molar-refractivity contribution >= 4 is 11.4 Å². The summed E-state index contributed by atoms with van der Waals surface area (Å²) in [5, 5.41) is 0. The first-order chi connectivity index (χ1) is 8.20. The maximum atomic E-state index is 13.0. The van der Waals surface area contributed by atoms with Crippen molar-refractivity contribution in [1.82, 2.24) is 0 Å². The lowest BCUT2D eigenvalue weighted by atomic mass is 10.2. The van der Waals surface area contributed by atoms with Gasteiger partial charge in [-0.1, -0.05) is 0 Å². The second-order valence-electron chi connectivity index (χ2n) is 3.80. The number of nitrogens with two attached hydrogens (primary N) is 1. The number of anilines is 2. The minimum Gasteiger partial charge on any atom is -0.467 e. The van der Waals surface area contributed by atoms with E-state index >= 15 is 0 Å². The van der Waals surface area contributed by atoms with Gasteiger partial charge in [0.1, 0.15) is 11.6 Å². The zero-order valence-corrected chi connectivity index (χ0v) is 9.69. The molecule has 2 N–H and O–H groups in total. The summed E-state index contributed by atoms with van der Waals surface area (Å²) >= 11 is 0. The van der Waals surface area contributed by atoms with Crippen LogP contribution in [-0.2, 0) is 6.54 Å². The smallest absolute Gasteiger partial charge is 0.125 e. The van der Waals surface area contributed by atoms with E-state index in [4.69, 9.17) is 10.2 Å². The van der Waals surface area contributed by atoms with Gasteiger partial charge in [0, 0.05) is 6.54 Å². The Morgan fingerprint density at radius 1 is 1.35 bits per heavy atom. The van der Waals surface area contributed by atoms with Crippen LogP contribution in [0.5, 0.6) is 0 Å². The molecule has 2 aromatic rings. The van der Waals surface area contributed by atoms with Crippen molar-refractivity contribution in [1.29, 1.82) is 0 Å². The summed E-state index contributed by atoms with van der Waals surface area (Å²) in [6.45, 7) is 3.42. The highest BCUT2D eigenvalue weighted by molar-refractivity contribution is 5.67. The molecule has 1 aromatic heterocycles. The molecule has 3 nitrogen and oxygen atoms in total. The molecular formula is C13H15FN2O. The summed E-state index contributed by atoms with van der Waals surface area (Å²) in [5.41, 5.74) is 7.08. The molecule has 0 amide bonds. The van der Waals surface area contributed by atoms with E-state index in [0.29, 0.717) is 12.2 Å². The largest absolute Gasteiger partial charge is 0.467 e. The number of nitrogens with zero attached hydrogens (tertiary/aromatic N) is 1. The summed E-state index contributed by atoms with van der Waals surface area (Å²) in [5.74, 6) is 0.538. The fourth-order valence-corrected chi connectivity index (χ4v) is 1.77. The fourth-order valence-electron chi connectivity index (χ4n) is 1.77. The van der Waals surface area contributed by atoms with Crippen LogP contribution in [0.15, 0.2) is 41.0 Å². The van der Waals surface area contributed by atoms with Crippen LogP contribution in [0.1, 0.15) is 12.7 Å². The van der Waals surface area contributed by atoms with Crippen LogP contribution in [0.2, 0.25) is 0 Å². The monoisotopic (exact) mass is 234 g/mol. The van der Waals surface area contributed by atoms with E-state index < -0.39 is 0 Å². The first-order valence-corrected chi connectivity index (χ1v) is 5.53. The van der Waals surface area contributed by atoms with Crippen LogP contribution in [0.4, 0.5) is 15.8 Å². The van der Waals surface area contributed by atoms with E-state index in [1.807, 2.05) is 24.0 Å². The molecule has 0 saturated heterocycles. The Kier molecular flexibility index (Phi) is 3.32. The van der Waals surface area contributed by atoms with Gasteiger partial charge in [-0.05, 0) is 37.3 Å². The van der Waals surface area contributed by atoms with Gasteiger partial charge in [-0.15, -0.1) is 0 Å². The summed E-state index contributed by atoms with van der Waals surface area (Å²) in [4.78, 5) is 2.04. The van der Waals surface area contributed by atoms with Crippen molar-refractivity contribution in [3.8, 4) is 0 Å². The molecule has 2 rings (SSSR count). The molecule has 0 radical (unpaired) electrons. The Bertz CT molecular complexity index is 482. The van der Waals surface area contributed by atoms with Gasteiger partial charge in [0.15, 0.2) is 0 Å². The molecule has 0 unspecified atom stereocenters. The topological polar surface area (TPSA) is 42.4 Å². The van der Waals surface area contributed by atoms with Crippen molar-refractivity contribution in [3.63, 3.8) is 0 Å². The molecule has 1 heterocycles. The third-order valence-corrected chi connectivity index (χ3v) is 2.64. The number of furan rings is 1. The Morgan fingerprint density at radius 2 is 2.18 bits per heavy atom. The minimum atomic E-state index is -0.319. The lowest BCUT2D eigenvalue weighted by molar-refractivity contribution is 0.504. The first-order valence-electron chi connectivity index (χ1n) is 5.53. The Morgan fingerprint density at radius 3 is 2.76 bits per heavy atom.